The first-order valence-electron chi connectivity index (χ1n) is 2.76. The molecule has 0 aliphatic rings. The summed E-state index contributed by atoms with van der Waals surface area (Å²) in [7, 11) is 4.71. The van der Waals surface area contributed by atoms with Crippen molar-refractivity contribution in [1.29, 1.82) is 0 Å². The van der Waals surface area contributed by atoms with Crippen molar-refractivity contribution in [1.82, 2.24) is 5.32 Å². The Bertz CT molecular complexity index is 27.3. The van der Waals surface area contributed by atoms with Crippen LogP contribution in [0.4, 0.5) is 0 Å². The molecule has 1 N–H and O–H groups in total. The molecule has 7 heavy (non-hydrogen) atoms. The van der Waals surface area contributed by atoms with Crippen molar-refractivity contribution in [2.24, 2.45) is 0 Å². The Morgan fingerprint density at radius 3 is 2.57 bits per heavy atom. The molecule has 1 atom stereocenters. The molecule has 0 heterocycles. The van der Waals surface area contributed by atoms with Crippen LogP contribution in [0.25, 0.3) is 0 Å². The summed E-state index contributed by atoms with van der Waals surface area (Å²) in [6, 6.07) is 0. The van der Waals surface area contributed by atoms with Gasteiger partial charge >= 0.3 is 0 Å². The van der Waals surface area contributed by atoms with E-state index in [-0.39, 0.29) is 0 Å². The Labute approximate surface area is 48.1 Å². The molecule has 0 aromatic carbocycles. The minimum atomic E-state index is 1.16. The molecule has 0 aromatic heterocycles. The van der Waals surface area contributed by atoms with E-state index < -0.39 is 0 Å². The normalized spacial score (nSPS) is 9.43. The molecule has 0 radical (unpaired) electrons. The molecule has 0 bridgehead atoms. The van der Waals surface area contributed by atoms with Gasteiger partial charge in [-0.05, 0) is 32.6 Å². The van der Waals surface area contributed by atoms with E-state index >= 15 is 0 Å². The molecule has 1 unspecified atom stereocenters. The van der Waals surface area contributed by atoms with Crippen LogP contribution in [-0.4, -0.2) is 19.8 Å². The second-order valence-electron chi connectivity index (χ2n) is 1.60. The van der Waals surface area contributed by atoms with E-state index in [1.807, 2.05) is 7.05 Å². The van der Waals surface area contributed by atoms with Crippen molar-refractivity contribution in [2.75, 3.05) is 19.8 Å². The van der Waals surface area contributed by atoms with Crippen LogP contribution in [0.5, 0.6) is 0 Å². The van der Waals surface area contributed by atoms with Crippen molar-refractivity contribution in [3.8, 4) is 0 Å². The molecule has 0 saturated heterocycles. The highest BCUT2D eigenvalue weighted by Gasteiger charge is 1.78. The van der Waals surface area contributed by atoms with Crippen molar-refractivity contribution in [3.63, 3.8) is 0 Å². The summed E-state index contributed by atoms with van der Waals surface area (Å²) < 4.78 is 0. The van der Waals surface area contributed by atoms with Crippen LogP contribution in [0.15, 0.2) is 0 Å². The van der Waals surface area contributed by atoms with Crippen molar-refractivity contribution in [3.05, 3.63) is 0 Å². The molecule has 0 spiro atoms. The maximum atomic E-state index is 3.09. The number of unbranched alkanes of at least 4 members (excludes halogenated alkanes) is 1. The van der Waals surface area contributed by atoms with Gasteiger partial charge in [0.15, 0.2) is 0 Å². The van der Waals surface area contributed by atoms with E-state index in [0.717, 1.165) is 6.54 Å². The summed E-state index contributed by atoms with van der Waals surface area (Å²) in [6.07, 6.45) is 3.87. The lowest BCUT2D eigenvalue weighted by Gasteiger charge is -1.93. The smallest absolute Gasteiger partial charge is 0.00518 e. The van der Waals surface area contributed by atoms with Gasteiger partial charge in [0.05, 0.1) is 0 Å². The Balaban J connectivity index is 2.45. The Morgan fingerprint density at radius 2 is 2.14 bits per heavy atom. The summed E-state index contributed by atoms with van der Waals surface area (Å²) in [5.41, 5.74) is 0. The fraction of sp³-hybridized carbons (Fsp3) is 1.00. The van der Waals surface area contributed by atoms with Gasteiger partial charge < -0.3 is 5.32 Å². The average molecular weight is 119 g/mol. The maximum Gasteiger partial charge on any atom is -0.00518 e. The van der Waals surface area contributed by atoms with Crippen LogP contribution in [0.1, 0.15) is 12.8 Å². The molecule has 0 aromatic rings. The van der Waals surface area contributed by atoms with Crippen LogP contribution in [-0.2, 0) is 0 Å². The standard InChI is InChI=1S/C5H14NP/c1-6-4-2-3-5-7/h6H,2-5,7H2,1H3. The SMILES string of the molecule is CNCCCCP. The predicted octanol–water partition coefficient (Wildman–Crippen LogP) is 0.861. The lowest BCUT2D eigenvalue weighted by molar-refractivity contribution is 0.715. The van der Waals surface area contributed by atoms with Crippen LogP contribution < -0.4 is 5.32 Å². The molecule has 1 nitrogen and oxygen atoms in total. The number of hydrogen-bond acceptors (Lipinski definition) is 1. The summed E-state index contributed by atoms with van der Waals surface area (Å²) in [6.45, 7) is 1.16. The zero-order valence-corrected chi connectivity index (χ0v) is 6.06. The quantitative estimate of drug-likeness (QED) is 0.427. The minimum Gasteiger partial charge on any atom is -0.320 e. The average Bonchev–Trinajstić information content (AvgIpc) is 1.69. The van der Waals surface area contributed by atoms with Crippen LogP contribution in [0, 0.1) is 0 Å². The monoisotopic (exact) mass is 119 g/mol. The van der Waals surface area contributed by atoms with E-state index in [1.54, 1.807) is 0 Å². The third-order valence-corrected chi connectivity index (χ3v) is 1.29. The Kier molecular flexibility index (Phi) is 6.75. The highest BCUT2D eigenvalue weighted by Crippen LogP contribution is 1.90. The van der Waals surface area contributed by atoms with Crippen molar-refractivity contribution >= 4 is 9.24 Å². The first-order valence-corrected chi connectivity index (χ1v) is 3.58. The molecular weight excluding hydrogens is 105 g/mol. The van der Waals surface area contributed by atoms with Crippen molar-refractivity contribution < 1.29 is 0 Å². The summed E-state index contributed by atoms with van der Waals surface area (Å²) in [5, 5.41) is 3.09. The number of nitrogens with one attached hydrogen (secondary N) is 1. The molecular formula is C5H14NP. The lowest BCUT2D eigenvalue weighted by atomic mass is 10.3. The second kappa shape index (κ2) is 6.39. The molecule has 0 aliphatic heterocycles. The predicted molar refractivity (Wildman–Crippen MR) is 37.7 cm³/mol. The van der Waals surface area contributed by atoms with Gasteiger partial charge in [0.25, 0.3) is 0 Å². The molecule has 0 amide bonds. The van der Waals surface area contributed by atoms with E-state index in [9.17, 15) is 0 Å². The molecule has 0 rings (SSSR count). The Hall–Kier alpha value is 0.390. The fourth-order valence-electron chi connectivity index (χ4n) is 0.446. The molecule has 2 heteroatoms. The summed E-state index contributed by atoms with van der Waals surface area (Å²) >= 11 is 0. The van der Waals surface area contributed by atoms with Crippen molar-refractivity contribution in [2.45, 2.75) is 12.8 Å². The fourth-order valence-corrected chi connectivity index (χ4v) is 0.735. The van der Waals surface area contributed by atoms with E-state index in [4.69, 9.17) is 0 Å². The zero-order valence-electron chi connectivity index (χ0n) is 4.91. The number of hydrogen-bond donors (Lipinski definition) is 1. The van der Waals surface area contributed by atoms with Gasteiger partial charge in [-0.1, -0.05) is 0 Å². The minimum absolute atomic E-state index is 1.16. The first-order chi connectivity index (χ1) is 3.41. The van der Waals surface area contributed by atoms with Gasteiger partial charge in [0.2, 0.25) is 0 Å². The van der Waals surface area contributed by atoms with Gasteiger partial charge in [-0.2, -0.15) is 0 Å². The molecule has 0 saturated carbocycles. The molecule has 44 valence electrons. The largest absolute Gasteiger partial charge is 0.320 e. The molecule has 0 aliphatic carbocycles. The van der Waals surface area contributed by atoms with E-state index in [2.05, 4.69) is 14.6 Å². The number of rotatable bonds is 4. The van der Waals surface area contributed by atoms with Crippen LogP contribution >= 0.6 is 9.24 Å². The third kappa shape index (κ3) is 6.39. The Morgan fingerprint density at radius 1 is 1.43 bits per heavy atom. The van der Waals surface area contributed by atoms with Gasteiger partial charge in [0.1, 0.15) is 0 Å². The third-order valence-electron chi connectivity index (χ3n) is 0.881. The topological polar surface area (TPSA) is 12.0 Å². The lowest BCUT2D eigenvalue weighted by Crippen LogP contribution is -2.06. The summed E-state index contributed by atoms with van der Waals surface area (Å²) in [5.74, 6) is 0. The zero-order chi connectivity index (χ0) is 5.54. The molecule has 0 fully saturated rings. The van der Waals surface area contributed by atoms with E-state index in [1.165, 1.54) is 19.0 Å². The maximum absolute atomic E-state index is 3.09. The van der Waals surface area contributed by atoms with Crippen LogP contribution in [0.3, 0.4) is 0 Å². The first kappa shape index (κ1) is 7.39. The van der Waals surface area contributed by atoms with Gasteiger partial charge in [-0.25, -0.2) is 0 Å². The van der Waals surface area contributed by atoms with Crippen LogP contribution in [0.2, 0.25) is 0 Å². The highest BCUT2D eigenvalue weighted by molar-refractivity contribution is 7.16. The van der Waals surface area contributed by atoms with E-state index in [0.29, 0.717) is 0 Å². The summed E-state index contributed by atoms with van der Waals surface area (Å²) in [4.78, 5) is 0. The van der Waals surface area contributed by atoms with Gasteiger partial charge in [-0.15, -0.1) is 9.24 Å². The van der Waals surface area contributed by atoms with Gasteiger partial charge in [-0.3, -0.25) is 0 Å². The second-order valence-corrected chi connectivity index (χ2v) is 2.18. The highest BCUT2D eigenvalue weighted by atomic mass is 31.0. The van der Waals surface area contributed by atoms with Gasteiger partial charge in [0, 0.05) is 0 Å².